The van der Waals surface area contributed by atoms with E-state index in [1.54, 1.807) is 0 Å². The molecule has 0 saturated heterocycles. The fraction of sp³-hybridized carbons (Fsp3) is 0. The van der Waals surface area contributed by atoms with Gasteiger partial charge in [0.2, 0.25) is 0 Å². The fourth-order valence-corrected chi connectivity index (χ4v) is 15.5. The van der Waals surface area contributed by atoms with Crippen LogP contribution in [0.15, 0.2) is 376 Å². The molecule has 0 amide bonds. The number of thiophene rings is 2. The first kappa shape index (κ1) is 57.5. The number of hydrogen-bond donors (Lipinski definition) is 0. The minimum absolute atomic E-state index is 1.12. The molecule has 444 valence electrons. The van der Waals surface area contributed by atoms with Crippen molar-refractivity contribution in [2.45, 2.75) is 0 Å². The van der Waals surface area contributed by atoms with Crippen LogP contribution in [-0.4, -0.2) is 0 Å². The van der Waals surface area contributed by atoms with E-state index in [1.807, 2.05) is 22.7 Å². The van der Waals surface area contributed by atoms with Gasteiger partial charge in [0.25, 0.3) is 0 Å². The molecular formula is C90H62N2S2. The third-order valence-electron chi connectivity index (χ3n) is 17.8. The predicted octanol–water partition coefficient (Wildman–Crippen LogP) is 26.7. The molecule has 0 atom stereocenters. The van der Waals surface area contributed by atoms with Gasteiger partial charge in [-0.05, 0) is 176 Å². The van der Waals surface area contributed by atoms with Crippen molar-refractivity contribution in [1.29, 1.82) is 0 Å². The highest BCUT2D eigenvalue weighted by molar-refractivity contribution is 7.26. The molecule has 0 aliphatic heterocycles. The highest BCUT2D eigenvalue weighted by atomic mass is 32.1. The highest BCUT2D eigenvalue weighted by Gasteiger charge is 2.19. The SMILES string of the molecule is c1ccc(-c2ccc(-c3cc(-c4ccc(N(c5ccccc5)c5ccc(-c6ccccc6)cc5)cc4)cc4c3sc3ccccc34)cc2)cc1.c1ccc(-c2ccc(-c3cc(-c4ccc(N(c5ccccc5)c5ccccc5)cc4)cc4c3sc3ccccc34)cc2)cc1. The zero-order chi connectivity index (χ0) is 62.6. The average molecular weight is 1240 g/mol. The number of anilines is 6. The van der Waals surface area contributed by atoms with Crippen LogP contribution in [0.25, 0.3) is 118 Å². The summed E-state index contributed by atoms with van der Waals surface area (Å²) in [5, 5.41) is 5.23. The van der Waals surface area contributed by atoms with E-state index in [9.17, 15) is 0 Å². The fourth-order valence-electron chi connectivity index (χ4n) is 13.0. The van der Waals surface area contributed by atoms with Crippen molar-refractivity contribution < 1.29 is 0 Å². The van der Waals surface area contributed by atoms with Gasteiger partial charge in [0.15, 0.2) is 0 Å². The molecule has 4 heteroatoms. The molecule has 94 heavy (non-hydrogen) atoms. The summed E-state index contributed by atoms with van der Waals surface area (Å²) in [5.41, 5.74) is 24.0. The second kappa shape index (κ2) is 25.9. The van der Waals surface area contributed by atoms with E-state index in [1.165, 1.54) is 118 Å². The number of rotatable bonds is 13. The summed E-state index contributed by atoms with van der Waals surface area (Å²) in [6, 6.07) is 135. The number of nitrogens with zero attached hydrogens (tertiary/aromatic N) is 2. The summed E-state index contributed by atoms with van der Waals surface area (Å²) in [4.78, 5) is 4.63. The maximum absolute atomic E-state index is 2.38. The average Bonchev–Trinajstić information content (AvgIpc) is 1.70. The Hall–Kier alpha value is -11.7. The van der Waals surface area contributed by atoms with Gasteiger partial charge < -0.3 is 9.80 Å². The number of fused-ring (bicyclic) bond motifs is 6. The molecule has 0 fully saturated rings. The molecule has 2 aromatic heterocycles. The Kier molecular flexibility index (Phi) is 15.8. The Balaban J connectivity index is 0.000000150. The Bertz CT molecular complexity index is 5370. The first-order valence-electron chi connectivity index (χ1n) is 31.9. The minimum atomic E-state index is 1.12. The standard InChI is InChI=1S/C48H33NS.C42H29NS/c1-4-12-34(13-5-1)36-20-22-39(23-21-36)45-32-40(33-46-44-18-10-11-19-47(44)50-48(45)46)38-26-30-43(31-27-38)49(41-16-8-3-9-17-41)42-28-24-37(25-29-42)35-14-6-2-7-15-35;1-4-12-30(13-5-1)31-20-22-33(23-21-31)39-28-34(29-40-38-18-10-11-19-41(38)44-42(39)40)32-24-26-37(27-25-32)43(35-14-6-2-7-15-35)36-16-8-3-9-17-36/h1-33H;1-29H. The summed E-state index contributed by atoms with van der Waals surface area (Å²) in [6.45, 7) is 0. The van der Waals surface area contributed by atoms with Crippen molar-refractivity contribution in [3.8, 4) is 77.9 Å². The number of benzene rings is 15. The molecule has 17 aromatic rings. The maximum atomic E-state index is 2.38. The van der Waals surface area contributed by atoms with Gasteiger partial charge >= 0.3 is 0 Å². The summed E-state index contributed by atoms with van der Waals surface area (Å²) in [6.07, 6.45) is 0. The van der Waals surface area contributed by atoms with Crippen LogP contribution in [0, 0.1) is 0 Å². The summed E-state index contributed by atoms with van der Waals surface area (Å²) in [5.74, 6) is 0. The first-order chi connectivity index (χ1) is 46.6. The smallest absolute Gasteiger partial charge is 0.0462 e. The van der Waals surface area contributed by atoms with Gasteiger partial charge in [0.1, 0.15) is 0 Å². The Morgan fingerprint density at radius 3 is 0.691 bits per heavy atom. The van der Waals surface area contributed by atoms with E-state index < -0.39 is 0 Å². The van der Waals surface area contributed by atoms with Crippen molar-refractivity contribution >= 4 is 97.1 Å². The molecule has 15 aromatic carbocycles. The van der Waals surface area contributed by atoms with E-state index in [2.05, 4.69) is 386 Å². The monoisotopic (exact) mass is 1230 g/mol. The minimum Gasteiger partial charge on any atom is -0.311 e. The van der Waals surface area contributed by atoms with Crippen LogP contribution in [-0.2, 0) is 0 Å². The van der Waals surface area contributed by atoms with Gasteiger partial charge in [0.05, 0.1) is 0 Å². The zero-order valence-electron chi connectivity index (χ0n) is 51.5. The van der Waals surface area contributed by atoms with E-state index in [-0.39, 0.29) is 0 Å². The van der Waals surface area contributed by atoms with Gasteiger partial charge in [-0.1, -0.05) is 267 Å². The largest absolute Gasteiger partial charge is 0.311 e. The molecular weight excluding hydrogens is 1170 g/mol. The quantitative estimate of drug-likeness (QED) is 0.114. The van der Waals surface area contributed by atoms with Crippen molar-refractivity contribution in [2.24, 2.45) is 0 Å². The molecule has 0 spiro atoms. The molecule has 0 bridgehead atoms. The highest BCUT2D eigenvalue weighted by Crippen LogP contribution is 2.47. The van der Waals surface area contributed by atoms with E-state index in [4.69, 9.17) is 0 Å². The first-order valence-corrected chi connectivity index (χ1v) is 33.6. The third kappa shape index (κ3) is 11.7. The summed E-state index contributed by atoms with van der Waals surface area (Å²) < 4.78 is 5.29. The van der Waals surface area contributed by atoms with Crippen LogP contribution in [0.4, 0.5) is 34.1 Å². The molecule has 2 heterocycles. The summed E-state index contributed by atoms with van der Waals surface area (Å²) in [7, 11) is 0. The van der Waals surface area contributed by atoms with Crippen LogP contribution in [0.1, 0.15) is 0 Å². The lowest BCUT2D eigenvalue weighted by atomic mass is 9.94. The Morgan fingerprint density at radius 1 is 0.160 bits per heavy atom. The number of para-hydroxylation sites is 3. The molecule has 17 rings (SSSR count). The number of hydrogen-bond acceptors (Lipinski definition) is 4. The molecule has 0 N–H and O–H groups in total. The lowest BCUT2D eigenvalue weighted by Crippen LogP contribution is -2.09. The van der Waals surface area contributed by atoms with Crippen molar-refractivity contribution in [3.05, 3.63) is 376 Å². The van der Waals surface area contributed by atoms with E-state index >= 15 is 0 Å². The Labute approximate surface area is 557 Å². The topological polar surface area (TPSA) is 6.48 Å². The van der Waals surface area contributed by atoms with Gasteiger partial charge in [-0.3, -0.25) is 0 Å². The third-order valence-corrected chi connectivity index (χ3v) is 20.2. The maximum Gasteiger partial charge on any atom is 0.0462 e. The van der Waals surface area contributed by atoms with Gasteiger partial charge in [-0.15, -0.1) is 22.7 Å². The molecule has 0 aliphatic rings. The van der Waals surface area contributed by atoms with E-state index in [0.717, 1.165) is 34.1 Å². The molecule has 0 saturated carbocycles. The van der Waals surface area contributed by atoms with Crippen LogP contribution in [0.5, 0.6) is 0 Å². The van der Waals surface area contributed by atoms with Crippen LogP contribution in [0.3, 0.4) is 0 Å². The lowest BCUT2D eigenvalue weighted by molar-refractivity contribution is 1.28. The summed E-state index contributed by atoms with van der Waals surface area (Å²) >= 11 is 3.76. The second-order valence-electron chi connectivity index (χ2n) is 23.6. The van der Waals surface area contributed by atoms with E-state index in [0.29, 0.717) is 0 Å². The van der Waals surface area contributed by atoms with Crippen LogP contribution < -0.4 is 9.80 Å². The second-order valence-corrected chi connectivity index (χ2v) is 25.7. The van der Waals surface area contributed by atoms with Gasteiger partial charge in [-0.2, -0.15) is 0 Å². The van der Waals surface area contributed by atoms with Crippen molar-refractivity contribution in [1.82, 2.24) is 0 Å². The van der Waals surface area contributed by atoms with Crippen LogP contribution in [0.2, 0.25) is 0 Å². The zero-order valence-corrected chi connectivity index (χ0v) is 53.1. The van der Waals surface area contributed by atoms with Crippen molar-refractivity contribution in [3.63, 3.8) is 0 Å². The molecule has 0 radical (unpaired) electrons. The predicted molar refractivity (Wildman–Crippen MR) is 406 cm³/mol. The normalized spacial score (nSPS) is 11.2. The molecule has 2 nitrogen and oxygen atoms in total. The van der Waals surface area contributed by atoms with Crippen LogP contribution >= 0.6 is 22.7 Å². The van der Waals surface area contributed by atoms with Gasteiger partial charge in [-0.25, -0.2) is 0 Å². The van der Waals surface area contributed by atoms with Gasteiger partial charge in [0, 0.05) is 85.6 Å². The molecule has 0 unspecified atom stereocenters. The van der Waals surface area contributed by atoms with Crippen molar-refractivity contribution in [2.75, 3.05) is 9.80 Å². The molecule has 0 aliphatic carbocycles. The Morgan fingerprint density at radius 2 is 0.383 bits per heavy atom. The lowest BCUT2D eigenvalue weighted by Gasteiger charge is -2.26.